The Morgan fingerprint density at radius 2 is 1.90 bits per heavy atom. The highest BCUT2D eigenvalue weighted by Gasteiger charge is 2.12. The van der Waals surface area contributed by atoms with Crippen LogP contribution in [0.3, 0.4) is 0 Å². The SMILES string of the molecule is CNc1nc(-c2ccc(C)cc2F)nc2ccc(Cl)cc12. The van der Waals surface area contributed by atoms with Crippen LogP contribution in [0.15, 0.2) is 36.4 Å². The van der Waals surface area contributed by atoms with Crippen molar-refractivity contribution in [2.75, 3.05) is 12.4 Å². The summed E-state index contributed by atoms with van der Waals surface area (Å²) >= 11 is 6.00. The molecule has 0 saturated carbocycles. The van der Waals surface area contributed by atoms with E-state index in [0.717, 1.165) is 10.9 Å². The van der Waals surface area contributed by atoms with Gasteiger partial charge in [-0.3, -0.25) is 0 Å². The minimum Gasteiger partial charge on any atom is -0.373 e. The summed E-state index contributed by atoms with van der Waals surface area (Å²) in [5, 5.41) is 4.42. The maximum Gasteiger partial charge on any atom is 0.165 e. The van der Waals surface area contributed by atoms with E-state index in [1.165, 1.54) is 6.07 Å². The Bertz CT molecular complexity index is 833. The normalized spacial score (nSPS) is 10.9. The number of rotatable bonds is 2. The summed E-state index contributed by atoms with van der Waals surface area (Å²) in [4.78, 5) is 8.84. The second-order valence-corrected chi connectivity index (χ2v) is 5.23. The number of halogens is 2. The van der Waals surface area contributed by atoms with E-state index in [1.54, 1.807) is 31.3 Å². The van der Waals surface area contributed by atoms with Crippen LogP contribution in [0, 0.1) is 12.7 Å². The first-order chi connectivity index (χ1) is 10.1. The van der Waals surface area contributed by atoms with Crippen LogP contribution in [0.2, 0.25) is 5.02 Å². The van der Waals surface area contributed by atoms with Crippen LogP contribution in [0.5, 0.6) is 0 Å². The molecule has 0 spiro atoms. The molecule has 0 aliphatic heterocycles. The topological polar surface area (TPSA) is 37.8 Å². The van der Waals surface area contributed by atoms with E-state index in [2.05, 4.69) is 15.3 Å². The Balaban J connectivity index is 2.26. The predicted octanol–water partition coefficient (Wildman–Crippen LogP) is 4.44. The van der Waals surface area contributed by atoms with E-state index in [-0.39, 0.29) is 5.82 Å². The number of nitrogens with one attached hydrogen (secondary N) is 1. The number of benzene rings is 2. The van der Waals surface area contributed by atoms with Gasteiger partial charge in [0.05, 0.1) is 11.1 Å². The molecule has 5 heteroatoms. The molecule has 0 unspecified atom stereocenters. The van der Waals surface area contributed by atoms with Gasteiger partial charge in [0.25, 0.3) is 0 Å². The van der Waals surface area contributed by atoms with Crippen molar-refractivity contribution in [2.45, 2.75) is 6.92 Å². The summed E-state index contributed by atoms with van der Waals surface area (Å²) in [7, 11) is 1.76. The smallest absolute Gasteiger partial charge is 0.165 e. The standard InChI is InChI=1S/C16H13ClFN3/c1-9-3-5-11(13(18)7-9)16-20-14-6-4-10(17)8-12(14)15(19-2)21-16/h3-8H,1-2H3,(H,19,20,21). The zero-order valence-electron chi connectivity index (χ0n) is 11.6. The van der Waals surface area contributed by atoms with Gasteiger partial charge in [-0.05, 0) is 42.8 Å². The van der Waals surface area contributed by atoms with Crippen molar-refractivity contribution in [3.63, 3.8) is 0 Å². The molecule has 106 valence electrons. The molecule has 0 atom stereocenters. The number of nitrogens with zero attached hydrogens (tertiary/aromatic N) is 2. The molecule has 0 bridgehead atoms. The Labute approximate surface area is 126 Å². The monoisotopic (exact) mass is 301 g/mol. The second kappa shape index (κ2) is 5.30. The molecule has 3 aromatic rings. The summed E-state index contributed by atoms with van der Waals surface area (Å²) in [5.41, 5.74) is 1.96. The van der Waals surface area contributed by atoms with Crippen molar-refractivity contribution in [3.05, 3.63) is 52.8 Å². The molecule has 3 rings (SSSR count). The number of aromatic nitrogens is 2. The molecule has 1 N–H and O–H groups in total. The van der Waals surface area contributed by atoms with Crippen LogP contribution >= 0.6 is 11.6 Å². The molecule has 0 radical (unpaired) electrons. The van der Waals surface area contributed by atoms with E-state index in [0.29, 0.717) is 27.7 Å². The lowest BCUT2D eigenvalue weighted by molar-refractivity contribution is 0.629. The summed E-state index contributed by atoms with van der Waals surface area (Å²) in [5.74, 6) is 0.648. The average molecular weight is 302 g/mol. The highest BCUT2D eigenvalue weighted by molar-refractivity contribution is 6.31. The summed E-state index contributed by atoms with van der Waals surface area (Å²) in [6.07, 6.45) is 0. The van der Waals surface area contributed by atoms with Crippen LogP contribution in [0.25, 0.3) is 22.3 Å². The van der Waals surface area contributed by atoms with Crippen molar-refractivity contribution in [2.24, 2.45) is 0 Å². The van der Waals surface area contributed by atoms with Crippen LogP contribution in [0.4, 0.5) is 10.2 Å². The van der Waals surface area contributed by atoms with Gasteiger partial charge in [-0.1, -0.05) is 17.7 Å². The van der Waals surface area contributed by atoms with Gasteiger partial charge in [-0.15, -0.1) is 0 Å². The molecule has 0 fully saturated rings. The van der Waals surface area contributed by atoms with Crippen molar-refractivity contribution < 1.29 is 4.39 Å². The Morgan fingerprint density at radius 1 is 1.10 bits per heavy atom. The minimum absolute atomic E-state index is 0.328. The highest BCUT2D eigenvalue weighted by Crippen LogP contribution is 2.28. The summed E-state index contributed by atoms with van der Waals surface area (Å²) < 4.78 is 14.1. The van der Waals surface area contributed by atoms with Crippen LogP contribution < -0.4 is 5.32 Å². The molecular formula is C16H13ClFN3. The van der Waals surface area contributed by atoms with E-state index < -0.39 is 0 Å². The number of hydrogen-bond acceptors (Lipinski definition) is 3. The molecule has 0 aliphatic rings. The van der Waals surface area contributed by atoms with Gasteiger partial charge in [-0.25, -0.2) is 14.4 Å². The van der Waals surface area contributed by atoms with Crippen LogP contribution in [-0.4, -0.2) is 17.0 Å². The number of hydrogen-bond donors (Lipinski definition) is 1. The van der Waals surface area contributed by atoms with E-state index >= 15 is 0 Å². The molecule has 1 heterocycles. The molecule has 0 saturated heterocycles. The van der Waals surface area contributed by atoms with E-state index in [1.807, 2.05) is 13.0 Å². The lowest BCUT2D eigenvalue weighted by Crippen LogP contribution is -2.00. The third-order valence-corrected chi connectivity index (χ3v) is 3.50. The first-order valence-electron chi connectivity index (χ1n) is 6.50. The molecule has 0 aliphatic carbocycles. The van der Waals surface area contributed by atoms with Crippen molar-refractivity contribution >= 4 is 28.3 Å². The highest BCUT2D eigenvalue weighted by atomic mass is 35.5. The fourth-order valence-electron chi connectivity index (χ4n) is 2.21. The molecule has 0 amide bonds. The Morgan fingerprint density at radius 3 is 2.62 bits per heavy atom. The molecule has 21 heavy (non-hydrogen) atoms. The van der Waals surface area contributed by atoms with Crippen LogP contribution in [-0.2, 0) is 0 Å². The zero-order chi connectivity index (χ0) is 15.0. The number of aryl methyl sites for hydroxylation is 1. The van der Waals surface area contributed by atoms with Crippen molar-refractivity contribution in [3.8, 4) is 11.4 Å². The fraction of sp³-hybridized carbons (Fsp3) is 0.125. The maximum absolute atomic E-state index is 14.1. The van der Waals surface area contributed by atoms with E-state index in [9.17, 15) is 4.39 Å². The molecule has 2 aromatic carbocycles. The number of anilines is 1. The van der Waals surface area contributed by atoms with Gasteiger partial charge < -0.3 is 5.32 Å². The zero-order valence-corrected chi connectivity index (χ0v) is 12.4. The third kappa shape index (κ3) is 2.54. The molecule has 3 nitrogen and oxygen atoms in total. The third-order valence-electron chi connectivity index (χ3n) is 3.26. The van der Waals surface area contributed by atoms with Crippen molar-refractivity contribution in [1.29, 1.82) is 0 Å². The first kappa shape index (κ1) is 13.8. The minimum atomic E-state index is -0.328. The molecule has 1 aromatic heterocycles. The second-order valence-electron chi connectivity index (χ2n) is 4.79. The number of fused-ring (bicyclic) bond motifs is 1. The van der Waals surface area contributed by atoms with E-state index in [4.69, 9.17) is 11.6 Å². The van der Waals surface area contributed by atoms with Gasteiger partial charge in [0.15, 0.2) is 5.82 Å². The quantitative estimate of drug-likeness (QED) is 0.760. The van der Waals surface area contributed by atoms with Gasteiger partial charge in [0.1, 0.15) is 11.6 Å². The van der Waals surface area contributed by atoms with Gasteiger partial charge >= 0.3 is 0 Å². The maximum atomic E-state index is 14.1. The Kier molecular flexibility index (Phi) is 3.47. The average Bonchev–Trinajstić information content (AvgIpc) is 2.46. The first-order valence-corrected chi connectivity index (χ1v) is 6.88. The van der Waals surface area contributed by atoms with Gasteiger partial charge in [0, 0.05) is 17.5 Å². The predicted molar refractivity (Wildman–Crippen MR) is 84.2 cm³/mol. The fourth-order valence-corrected chi connectivity index (χ4v) is 2.39. The van der Waals surface area contributed by atoms with Crippen molar-refractivity contribution in [1.82, 2.24) is 9.97 Å². The summed E-state index contributed by atoms with van der Waals surface area (Å²) in [6, 6.07) is 10.4. The van der Waals surface area contributed by atoms with Gasteiger partial charge in [0.2, 0.25) is 0 Å². The van der Waals surface area contributed by atoms with Crippen LogP contribution in [0.1, 0.15) is 5.56 Å². The molecular weight excluding hydrogens is 289 g/mol. The Hall–Kier alpha value is -2.20. The lowest BCUT2D eigenvalue weighted by Gasteiger charge is -2.09. The summed E-state index contributed by atoms with van der Waals surface area (Å²) in [6.45, 7) is 1.84. The largest absolute Gasteiger partial charge is 0.373 e. The lowest BCUT2D eigenvalue weighted by atomic mass is 10.1. The van der Waals surface area contributed by atoms with Gasteiger partial charge in [-0.2, -0.15) is 0 Å².